The molecule has 0 saturated heterocycles. The van der Waals surface area contributed by atoms with Crippen LogP contribution in [0.3, 0.4) is 0 Å². The van der Waals surface area contributed by atoms with Crippen molar-refractivity contribution in [2.45, 2.75) is 0 Å². The fourth-order valence-electron chi connectivity index (χ4n) is 1.86. The molecule has 2 aromatic heterocycles. The Hall–Kier alpha value is -2.93. The van der Waals surface area contributed by atoms with Crippen LogP contribution in [-0.4, -0.2) is 27.0 Å². The Balaban J connectivity index is 2.00. The molecule has 0 saturated carbocycles. The number of halogens is 1. The van der Waals surface area contributed by atoms with Crippen LogP contribution < -0.4 is 15.0 Å². The minimum atomic E-state index is -0.543. The van der Waals surface area contributed by atoms with Gasteiger partial charge in [0, 0.05) is 12.4 Å². The van der Waals surface area contributed by atoms with Crippen LogP contribution in [0, 0.1) is 0 Å². The summed E-state index contributed by atoms with van der Waals surface area (Å²) < 4.78 is 10.7. The van der Waals surface area contributed by atoms with Gasteiger partial charge in [0.25, 0.3) is 5.56 Å². The van der Waals surface area contributed by atoms with E-state index in [0.29, 0.717) is 11.5 Å². The molecule has 23 heavy (non-hydrogen) atoms. The molecule has 0 bridgehead atoms. The second-order valence-electron chi connectivity index (χ2n) is 4.36. The molecule has 0 fully saturated rings. The molecule has 1 aromatic carbocycles. The van der Waals surface area contributed by atoms with E-state index in [1.807, 2.05) is 0 Å². The van der Waals surface area contributed by atoms with Crippen LogP contribution in [0.4, 0.5) is 0 Å². The number of para-hydroxylation sites is 2. The Morgan fingerprint density at radius 1 is 1.09 bits per heavy atom. The van der Waals surface area contributed by atoms with Gasteiger partial charge in [0.15, 0.2) is 28.3 Å². The van der Waals surface area contributed by atoms with Gasteiger partial charge in [0.05, 0.1) is 7.11 Å². The van der Waals surface area contributed by atoms with E-state index in [-0.39, 0.29) is 22.6 Å². The molecule has 8 heteroatoms. The number of rotatable bonds is 4. The minimum absolute atomic E-state index is 0.0953. The number of aromatic amines is 1. The highest BCUT2D eigenvalue weighted by Crippen LogP contribution is 2.32. The number of nitrogens with zero attached hydrogens (tertiary/aromatic N) is 3. The van der Waals surface area contributed by atoms with Gasteiger partial charge in [-0.1, -0.05) is 23.7 Å². The average Bonchev–Trinajstić information content (AvgIpc) is 2.59. The summed E-state index contributed by atoms with van der Waals surface area (Å²) in [6.07, 6.45) is 3.07. The summed E-state index contributed by atoms with van der Waals surface area (Å²) >= 11 is 6.08. The topological polar surface area (TPSA) is 90.0 Å². The summed E-state index contributed by atoms with van der Waals surface area (Å²) in [5.74, 6) is 1.12. The van der Waals surface area contributed by atoms with E-state index in [1.165, 1.54) is 19.5 Å². The lowest BCUT2D eigenvalue weighted by atomic mass is 10.3. The van der Waals surface area contributed by atoms with Crippen molar-refractivity contribution in [2.24, 2.45) is 0 Å². The highest BCUT2D eigenvalue weighted by Gasteiger charge is 2.16. The molecule has 0 atom stereocenters. The molecule has 0 aliphatic heterocycles. The molecular weight excluding hydrogens is 320 g/mol. The summed E-state index contributed by atoms with van der Waals surface area (Å²) in [4.78, 5) is 26.9. The van der Waals surface area contributed by atoms with Gasteiger partial charge in [-0.2, -0.15) is 0 Å². The Morgan fingerprint density at radius 3 is 2.43 bits per heavy atom. The molecule has 0 spiro atoms. The lowest BCUT2D eigenvalue weighted by molar-refractivity contribution is 0.377. The number of benzene rings is 1. The molecule has 0 aliphatic rings. The first-order valence-electron chi connectivity index (χ1n) is 6.57. The van der Waals surface area contributed by atoms with Crippen molar-refractivity contribution in [3.05, 3.63) is 58.2 Å². The third-order valence-electron chi connectivity index (χ3n) is 2.89. The molecule has 0 aliphatic carbocycles. The minimum Gasteiger partial charge on any atom is -0.493 e. The molecule has 116 valence electrons. The van der Waals surface area contributed by atoms with Crippen molar-refractivity contribution in [2.75, 3.05) is 7.11 Å². The van der Waals surface area contributed by atoms with Crippen LogP contribution in [-0.2, 0) is 0 Å². The molecule has 0 amide bonds. The van der Waals surface area contributed by atoms with Crippen molar-refractivity contribution < 1.29 is 9.47 Å². The van der Waals surface area contributed by atoms with E-state index in [9.17, 15) is 4.79 Å². The number of nitrogens with one attached hydrogen (secondary N) is 1. The molecule has 7 nitrogen and oxygen atoms in total. The van der Waals surface area contributed by atoms with Crippen molar-refractivity contribution >= 4 is 11.6 Å². The number of ether oxygens (including phenoxy) is 2. The standard InChI is InChI=1S/C15H11ClN4O3/c1-22-9-5-2-3-6-10(9)23-11-12(16)19-14(20-15(11)21)13-17-7-4-8-18-13/h2-8H,1H3,(H,19,20,21). The van der Waals surface area contributed by atoms with E-state index in [0.717, 1.165) is 0 Å². The summed E-state index contributed by atoms with van der Waals surface area (Å²) in [5.41, 5.74) is -0.543. The highest BCUT2D eigenvalue weighted by molar-refractivity contribution is 6.30. The monoisotopic (exact) mass is 330 g/mol. The van der Waals surface area contributed by atoms with E-state index in [4.69, 9.17) is 21.1 Å². The van der Waals surface area contributed by atoms with Crippen LogP contribution in [0.15, 0.2) is 47.5 Å². The molecular formula is C15H11ClN4O3. The molecule has 0 radical (unpaired) electrons. The van der Waals surface area contributed by atoms with Crippen molar-refractivity contribution in [3.8, 4) is 28.9 Å². The Morgan fingerprint density at radius 2 is 1.78 bits per heavy atom. The lowest BCUT2D eigenvalue weighted by Gasteiger charge is -2.10. The smallest absolute Gasteiger partial charge is 0.295 e. The van der Waals surface area contributed by atoms with Gasteiger partial charge in [-0.15, -0.1) is 0 Å². The zero-order chi connectivity index (χ0) is 16.2. The highest BCUT2D eigenvalue weighted by atomic mass is 35.5. The van der Waals surface area contributed by atoms with Crippen LogP contribution in [0.2, 0.25) is 5.15 Å². The Bertz CT molecular complexity index is 883. The summed E-state index contributed by atoms with van der Waals surface area (Å²) in [6, 6.07) is 8.55. The fraction of sp³-hybridized carbons (Fsp3) is 0.0667. The third-order valence-corrected chi connectivity index (χ3v) is 3.15. The zero-order valence-electron chi connectivity index (χ0n) is 12.0. The zero-order valence-corrected chi connectivity index (χ0v) is 12.7. The maximum absolute atomic E-state index is 12.2. The van der Waals surface area contributed by atoms with Crippen LogP contribution in [0.25, 0.3) is 11.6 Å². The number of hydrogen-bond donors (Lipinski definition) is 1. The molecule has 3 rings (SSSR count). The van der Waals surface area contributed by atoms with Gasteiger partial charge >= 0.3 is 0 Å². The largest absolute Gasteiger partial charge is 0.493 e. The van der Waals surface area contributed by atoms with E-state index >= 15 is 0 Å². The van der Waals surface area contributed by atoms with E-state index in [1.54, 1.807) is 30.3 Å². The van der Waals surface area contributed by atoms with Crippen LogP contribution >= 0.6 is 11.6 Å². The first kappa shape index (κ1) is 15.0. The van der Waals surface area contributed by atoms with Crippen LogP contribution in [0.1, 0.15) is 0 Å². The molecule has 3 aromatic rings. The van der Waals surface area contributed by atoms with Gasteiger partial charge in [-0.05, 0) is 18.2 Å². The number of hydrogen-bond acceptors (Lipinski definition) is 6. The van der Waals surface area contributed by atoms with Crippen molar-refractivity contribution in [3.63, 3.8) is 0 Å². The molecule has 2 heterocycles. The maximum atomic E-state index is 12.2. The normalized spacial score (nSPS) is 10.3. The first-order valence-corrected chi connectivity index (χ1v) is 6.95. The summed E-state index contributed by atoms with van der Waals surface area (Å²) in [5, 5.41) is -0.0953. The summed E-state index contributed by atoms with van der Waals surface area (Å²) in [7, 11) is 1.50. The number of methoxy groups -OCH3 is 1. The first-order chi connectivity index (χ1) is 11.2. The van der Waals surface area contributed by atoms with Crippen molar-refractivity contribution in [1.29, 1.82) is 0 Å². The molecule has 1 N–H and O–H groups in total. The predicted molar refractivity (Wildman–Crippen MR) is 84.0 cm³/mol. The lowest BCUT2D eigenvalue weighted by Crippen LogP contribution is -2.13. The fourth-order valence-corrected chi connectivity index (χ4v) is 2.07. The van der Waals surface area contributed by atoms with E-state index < -0.39 is 5.56 Å². The third kappa shape index (κ3) is 3.14. The Labute approximate surface area is 135 Å². The second kappa shape index (κ2) is 6.45. The summed E-state index contributed by atoms with van der Waals surface area (Å²) in [6.45, 7) is 0. The van der Waals surface area contributed by atoms with Gasteiger partial charge < -0.3 is 14.5 Å². The second-order valence-corrected chi connectivity index (χ2v) is 4.72. The maximum Gasteiger partial charge on any atom is 0.295 e. The average molecular weight is 331 g/mol. The van der Waals surface area contributed by atoms with Gasteiger partial charge in [0.1, 0.15) is 0 Å². The number of H-pyrrole nitrogens is 1. The van der Waals surface area contributed by atoms with Gasteiger partial charge in [0.2, 0.25) is 5.75 Å². The Kier molecular flexibility index (Phi) is 4.20. The van der Waals surface area contributed by atoms with Crippen LogP contribution in [0.5, 0.6) is 17.2 Å². The van der Waals surface area contributed by atoms with Crippen molar-refractivity contribution in [1.82, 2.24) is 19.9 Å². The predicted octanol–water partition coefficient (Wildman–Crippen LogP) is 2.68. The van der Waals surface area contributed by atoms with Gasteiger partial charge in [-0.3, -0.25) is 4.79 Å². The number of aromatic nitrogens is 4. The quantitative estimate of drug-likeness (QED) is 0.740. The SMILES string of the molecule is COc1ccccc1Oc1c(Cl)nc(-c2ncccn2)[nH]c1=O. The molecule has 0 unspecified atom stereocenters. The van der Waals surface area contributed by atoms with E-state index in [2.05, 4.69) is 19.9 Å². The van der Waals surface area contributed by atoms with Gasteiger partial charge in [-0.25, -0.2) is 15.0 Å².